The maximum atomic E-state index is 15.7. The lowest BCUT2D eigenvalue weighted by molar-refractivity contribution is 0.310. The van der Waals surface area contributed by atoms with Crippen LogP contribution < -0.4 is 15.8 Å². The van der Waals surface area contributed by atoms with Crippen LogP contribution in [0.5, 0.6) is 5.88 Å². The van der Waals surface area contributed by atoms with Crippen LogP contribution in [0.2, 0.25) is 0 Å². The molecule has 150 valence electrons. The first-order valence-electron chi connectivity index (χ1n) is 9.73. The molecule has 0 spiro atoms. The molecule has 6 nitrogen and oxygen atoms in total. The van der Waals surface area contributed by atoms with E-state index in [-0.39, 0.29) is 11.8 Å². The molecule has 4 aromatic rings. The molecular weight excluding hydrogens is 381 g/mol. The number of hydrogen-bond acceptors (Lipinski definition) is 6. The number of benzene rings is 2. The van der Waals surface area contributed by atoms with Crippen molar-refractivity contribution in [3.05, 3.63) is 59.5 Å². The van der Waals surface area contributed by atoms with Crippen LogP contribution in [0, 0.1) is 19.7 Å². The Labute approximate surface area is 173 Å². The third kappa shape index (κ3) is 2.82. The van der Waals surface area contributed by atoms with E-state index in [1.807, 2.05) is 37.3 Å². The third-order valence-electron chi connectivity index (χ3n) is 5.46. The lowest BCUT2D eigenvalue weighted by atomic mass is 9.94. The molecule has 1 aliphatic heterocycles. The van der Waals surface area contributed by atoms with Crippen LogP contribution in [0.15, 0.2) is 42.6 Å². The summed E-state index contributed by atoms with van der Waals surface area (Å²) in [4.78, 5) is 13.2. The van der Waals surface area contributed by atoms with Crippen LogP contribution in [0.1, 0.15) is 11.1 Å². The fourth-order valence-corrected chi connectivity index (χ4v) is 3.98. The van der Waals surface area contributed by atoms with Crippen LogP contribution >= 0.6 is 0 Å². The van der Waals surface area contributed by atoms with E-state index < -0.39 is 0 Å². The monoisotopic (exact) mass is 401 g/mol. The van der Waals surface area contributed by atoms with E-state index in [4.69, 9.17) is 10.5 Å². The molecule has 0 atom stereocenters. The Bertz CT molecular complexity index is 1290. The maximum Gasteiger partial charge on any atom is 0.237 e. The molecule has 0 fully saturated rings. The van der Waals surface area contributed by atoms with Gasteiger partial charge in [0.15, 0.2) is 0 Å². The molecule has 0 radical (unpaired) electrons. The minimum atomic E-state index is -0.324. The van der Waals surface area contributed by atoms with Gasteiger partial charge in [-0.25, -0.2) is 19.3 Å². The average molecular weight is 401 g/mol. The number of aromatic nitrogens is 3. The molecule has 0 unspecified atom stereocenters. The quantitative estimate of drug-likeness (QED) is 0.514. The van der Waals surface area contributed by atoms with E-state index >= 15 is 4.39 Å². The molecule has 7 heteroatoms. The number of halogens is 1. The van der Waals surface area contributed by atoms with Gasteiger partial charge in [-0.2, -0.15) is 0 Å². The largest absolute Gasteiger partial charge is 0.474 e. The van der Waals surface area contributed by atoms with Gasteiger partial charge in [-0.3, -0.25) is 0 Å². The number of nitrogens with one attached hydrogen (secondary N) is 1. The molecule has 0 amide bonds. The number of fused-ring (bicyclic) bond motifs is 2. The summed E-state index contributed by atoms with van der Waals surface area (Å²) in [6.45, 7) is 4.92. The van der Waals surface area contributed by atoms with Gasteiger partial charge >= 0.3 is 0 Å². The molecule has 1 aliphatic rings. The second-order valence-electron chi connectivity index (χ2n) is 7.31. The number of nitrogen functional groups attached to an aromatic ring is 1. The zero-order chi connectivity index (χ0) is 20.8. The summed E-state index contributed by atoms with van der Waals surface area (Å²) in [5.41, 5.74) is 11.3. The highest BCUT2D eigenvalue weighted by atomic mass is 19.1. The fourth-order valence-electron chi connectivity index (χ4n) is 3.98. The molecule has 0 saturated heterocycles. The van der Waals surface area contributed by atoms with E-state index in [0.717, 1.165) is 16.8 Å². The van der Waals surface area contributed by atoms with Crippen molar-refractivity contribution in [1.82, 2.24) is 15.0 Å². The standard InChI is InChI=1S/C23H20FN5O/c1-12-16(11-27-22-20(12)26-8-9-30-22)15-10-17-18(13(2)19(15)24)21(29-23(25)28-17)14-6-4-3-5-7-14/h3-7,10-11,26H,8-9H2,1-2H3,(H2,25,28,29). The van der Waals surface area contributed by atoms with Crippen molar-refractivity contribution >= 4 is 22.5 Å². The van der Waals surface area contributed by atoms with Crippen LogP contribution in [-0.4, -0.2) is 28.1 Å². The second-order valence-corrected chi connectivity index (χ2v) is 7.31. The minimum Gasteiger partial charge on any atom is -0.474 e. The van der Waals surface area contributed by atoms with Crippen molar-refractivity contribution in [3.63, 3.8) is 0 Å². The highest BCUT2D eigenvalue weighted by Crippen LogP contribution is 2.40. The van der Waals surface area contributed by atoms with Crippen molar-refractivity contribution in [2.45, 2.75) is 13.8 Å². The van der Waals surface area contributed by atoms with Gasteiger partial charge in [0.1, 0.15) is 18.1 Å². The summed E-state index contributed by atoms with van der Waals surface area (Å²) in [7, 11) is 0. The number of nitrogens with zero attached hydrogens (tertiary/aromatic N) is 3. The summed E-state index contributed by atoms with van der Waals surface area (Å²) < 4.78 is 21.3. The van der Waals surface area contributed by atoms with Crippen molar-refractivity contribution in [2.75, 3.05) is 24.2 Å². The van der Waals surface area contributed by atoms with Crippen LogP contribution in [0.4, 0.5) is 16.0 Å². The molecule has 30 heavy (non-hydrogen) atoms. The Morgan fingerprint density at radius 1 is 1.07 bits per heavy atom. The molecule has 0 saturated carbocycles. The van der Waals surface area contributed by atoms with E-state index in [2.05, 4.69) is 20.3 Å². The Morgan fingerprint density at radius 2 is 1.87 bits per heavy atom. The summed E-state index contributed by atoms with van der Waals surface area (Å²) in [6, 6.07) is 11.3. The maximum absolute atomic E-state index is 15.7. The molecule has 0 bridgehead atoms. The number of rotatable bonds is 2. The Morgan fingerprint density at radius 3 is 2.67 bits per heavy atom. The Balaban J connectivity index is 1.78. The number of nitrogens with two attached hydrogens (primary N) is 1. The highest BCUT2D eigenvalue weighted by molar-refractivity contribution is 5.98. The minimum absolute atomic E-state index is 0.147. The van der Waals surface area contributed by atoms with Crippen LogP contribution in [0.3, 0.4) is 0 Å². The summed E-state index contributed by atoms with van der Waals surface area (Å²) >= 11 is 0. The SMILES string of the molecule is Cc1c(-c2cc3nc(N)nc(-c4ccccc4)c3c(C)c2F)cnc2c1NCCO2. The van der Waals surface area contributed by atoms with Gasteiger partial charge in [0, 0.05) is 34.8 Å². The third-order valence-corrected chi connectivity index (χ3v) is 5.46. The molecule has 0 aliphatic carbocycles. The molecule has 3 N–H and O–H groups in total. The fraction of sp³-hybridized carbons (Fsp3) is 0.174. The number of anilines is 2. The van der Waals surface area contributed by atoms with Gasteiger partial charge in [0.2, 0.25) is 11.8 Å². The smallest absolute Gasteiger partial charge is 0.237 e. The normalized spacial score (nSPS) is 12.9. The number of pyridine rings is 1. The van der Waals surface area contributed by atoms with E-state index in [0.29, 0.717) is 52.3 Å². The van der Waals surface area contributed by atoms with Gasteiger partial charge < -0.3 is 15.8 Å². The first-order chi connectivity index (χ1) is 14.5. The lowest BCUT2D eigenvalue weighted by Crippen LogP contribution is -2.20. The predicted octanol–water partition coefficient (Wildman–Crippen LogP) is 4.50. The van der Waals surface area contributed by atoms with Crippen LogP contribution in [0.25, 0.3) is 33.3 Å². The van der Waals surface area contributed by atoms with Gasteiger partial charge in [-0.15, -0.1) is 0 Å². The number of ether oxygens (including phenoxy) is 1. The van der Waals surface area contributed by atoms with Crippen LogP contribution in [-0.2, 0) is 0 Å². The number of aryl methyl sites for hydroxylation is 1. The second kappa shape index (κ2) is 6.95. The van der Waals surface area contributed by atoms with E-state index in [1.165, 1.54) is 0 Å². The zero-order valence-electron chi connectivity index (χ0n) is 16.7. The lowest BCUT2D eigenvalue weighted by Gasteiger charge is -2.22. The van der Waals surface area contributed by atoms with Gasteiger partial charge in [-0.05, 0) is 31.0 Å². The average Bonchev–Trinajstić information content (AvgIpc) is 2.77. The highest BCUT2D eigenvalue weighted by Gasteiger charge is 2.22. The van der Waals surface area contributed by atoms with E-state index in [9.17, 15) is 0 Å². The molecule has 5 rings (SSSR count). The molecule has 3 heterocycles. The van der Waals surface area contributed by atoms with Crippen molar-refractivity contribution < 1.29 is 9.13 Å². The van der Waals surface area contributed by atoms with Gasteiger partial charge in [0.25, 0.3) is 0 Å². The topological polar surface area (TPSA) is 86.0 Å². The Hall–Kier alpha value is -3.74. The van der Waals surface area contributed by atoms with Crippen molar-refractivity contribution in [3.8, 4) is 28.3 Å². The first kappa shape index (κ1) is 18.3. The van der Waals surface area contributed by atoms with E-state index in [1.54, 1.807) is 19.2 Å². The van der Waals surface area contributed by atoms with Gasteiger partial charge in [0.05, 0.1) is 11.2 Å². The number of hydrogen-bond donors (Lipinski definition) is 2. The Kier molecular flexibility index (Phi) is 4.24. The summed E-state index contributed by atoms with van der Waals surface area (Å²) in [6.07, 6.45) is 1.65. The summed E-state index contributed by atoms with van der Waals surface area (Å²) in [5, 5.41) is 3.95. The first-order valence-corrected chi connectivity index (χ1v) is 9.73. The predicted molar refractivity (Wildman–Crippen MR) is 116 cm³/mol. The van der Waals surface area contributed by atoms with Crippen molar-refractivity contribution in [2.24, 2.45) is 0 Å². The molecule has 2 aromatic heterocycles. The van der Waals surface area contributed by atoms with Crippen molar-refractivity contribution in [1.29, 1.82) is 0 Å². The van der Waals surface area contributed by atoms with Gasteiger partial charge in [-0.1, -0.05) is 30.3 Å². The molecule has 2 aromatic carbocycles. The summed E-state index contributed by atoms with van der Waals surface area (Å²) in [5.74, 6) is 0.363. The zero-order valence-corrected chi connectivity index (χ0v) is 16.7. The molecular formula is C23H20FN5O.